The Morgan fingerprint density at radius 3 is 2.35 bits per heavy atom. The summed E-state index contributed by atoms with van der Waals surface area (Å²) >= 11 is 1.79. The van der Waals surface area contributed by atoms with Crippen LogP contribution in [0.4, 0.5) is 0 Å². The Morgan fingerprint density at radius 1 is 1.25 bits per heavy atom. The third-order valence-electron chi connectivity index (χ3n) is 3.48. The molecule has 20 heavy (non-hydrogen) atoms. The summed E-state index contributed by atoms with van der Waals surface area (Å²) in [7, 11) is 0. The van der Waals surface area contributed by atoms with E-state index in [-0.39, 0.29) is 24.8 Å². The predicted octanol–water partition coefficient (Wildman–Crippen LogP) is 3.77. The number of halogens is 2. The summed E-state index contributed by atoms with van der Waals surface area (Å²) < 4.78 is 0. The zero-order chi connectivity index (χ0) is 12.8. The van der Waals surface area contributed by atoms with Gasteiger partial charge in [-0.3, -0.25) is 4.90 Å². The highest BCUT2D eigenvalue weighted by atomic mass is 35.5. The van der Waals surface area contributed by atoms with Crippen LogP contribution in [0, 0.1) is 0 Å². The standard InChI is InChI=1S/C15H22N2S.2ClH/c1-3-4-15(17-11-9-16-10-12-17)13-5-7-14(18-2)8-6-13;;/h3,5-8,15-16H,1,4,9-12H2,2H3;2*1H/t15-;;/m1../s1. The van der Waals surface area contributed by atoms with Crippen molar-refractivity contribution in [1.82, 2.24) is 10.2 Å². The van der Waals surface area contributed by atoms with Crippen molar-refractivity contribution in [2.45, 2.75) is 17.4 Å². The van der Waals surface area contributed by atoms with Gasteiger partial charge in [-0.15, -0.1) is 43.2 Å². The molecule has 1 fully saturated rings. The number of nitrogens with zero attached hydrogens (tertiary/aromatic N) is 1. The maximum Gasteiger partial charge on any atom is 0.0383 e. The summed E-state index contributed by atoms with van der Waals surface area (Å²) in [4.78, 5) is 3.89. The van der Waals surface area contributed by atoms with Crippen molar-refractivity contribution < 1.29 is 0 Å². The number of thioether (sulfide) groups is 1. The number of hydrogen-bond donors (Lipinski definition) is 1. The van der Waals surface area contributed by atoms with Crippen molar-refractivity contribution in [3.05, 3.63) is 42.5 Å². The Bertz CT molecular complexity index is 378. The predicted molar refractivity (Wildman–Crippen MR) is 94.7 cm³/mol. The van der Waals surface area contributed by atoms with E-state index in [1.165, 1.54) is 10.5 Å². The third-order valence-corrected chi connectivity index (χ3v) is 4.23. The van der Waals surface area contributed by atoms with Crippen LogP contribution in [-0.4, -0.2) is 37.3 Å². The summed E-state index contributed by atoms with van der Waals surface area (Å²) in [5.74, 6) is 0. The molecule has 1 heterocycles. The van der Waals surface area contributed by atoms with E-state index in [1.807, 2.05) is 6.08 Å². The number of rotatable bonds is 5. The quantitative estimate of drug-likeness (QED) is 0.651. The minimum absolute atomic E-state index is 0. The van der Waals surface area contributed by atoms with Gasteiger partial charge < -0.3 is 5.32 Å². The maximum atomic E-state index is 3.91. The van der Waals surface area contributed by atoms with Crippen LogP contribution in [0.15, 0.2) is 41.8 Å². The molecule has 0 radical (unpaired) electrons. The molecule has 0 saturated carbocycles. The zero-order valence-corrected chi connectivity index (χ0v) is 14.3. The first kappa shape index (κ1) is 19.8. The van der Waals surface area contributed by atoms with Crippen molar-refractivity contribution in [3.8, 4) is 0 Å². The average molecular weight is 335 g/mol. The summed E-state index contributed by atoms with van der Waals surface area (Å²) in [5, 5.41) is 3.41. The molecule has 1 N–H and O–H groups in total. The Balaban J connectivity index is 0.00000180. The Hall–Kier alpha value is -0.190. The Kier molecular flexibility index (Phi) is 10.4. The highest BCUT2D eigenvalue weighted by Gasteiger charge is 2.20. The molecule has 1 aliphatic heterocycles. The first-order chi connectivity index (χ1) is 8.85. The highest BCUT2D eigenvalue weighted by molar-refractivity contribution is 7.98. The van der Waals surface area contributed by atoms with Gasteiger partial charge in [0.2, 0.25) is 0 Å². The average Bonchev–Trinajstić information content (AvgIpc) is 2.46. The van der Waals surface area contributed by atoms with Gasteiger partial charge in [0.25, 0.3) is 0 Å². The largest absolute Gasteiger partial charge is 0.314 e. The molecule has 0 bridgehead atoms. The molecular weight excluding hydrogens is 311 g/mol. The van der Waals surface area contributed by atoms with Crippen LogP contribution in [0.25, 0.3) is 0 Å². The van der Waals surface area contributed by atoms with Gasteiger partial charge in [-0.05, 0) is 30.4 Å². The minimum atomic E-state index is 0. The monoisotopic (exact) mass is 334 g/mol. The van der Waals surface area contributed by atoms with Crippen LogP contribution >= 0.6 is 36.6 Å². The van der Waals surface area contributed by atoms with Gasteiger partial charge >= 0.3 is 0 Å². The molecule has 114 valence electrons. The molecule has 0 spiro atoms. The van der Waals surface area contributed by atoms with Gasteiger partial charge in [-0.1, -0.05) is 18.2 Å². The summed E-state index contributed by atoms with van der Waals surface area (Å²) in [5.41, 5.74) is 1.41. The van der Waals surface area contributed by atoms with Gasteiger partial charge in [0.1, 0.15) is 0 Å². The minimum Gasteiger partial charge on any atom is -0.314 e. The number of nitrogens with one attached hydrogen (secondary N) is 1. The van der Waals surface area contributed by atoms with Crippen molar-refractivity contribution in [2.24, 2.45) is 0 Å². The highest BCUT2D eigenvalue weighted by Crippen LogP contribution is 2.26. The second-order valence-corrected chi connectivity index (χ2v) is 5.48. The lowest BCUT2D eigenvalue weighted by molar-refractivity contribution is 0.174. The Labute approximate surface area is 139 Å². The maximum absolute atomic E-state index is 3.91. The SMILES string of the molecule is C=CC[C@H](c1ccc(SC)cc1)N1CCNCC1.Cl.Cl. The lowest BCUT2D eigenvalue weighted by Gasteiger charge is -2.34. The molecule has 5 heteroatoms. The van der Waals surface area contributed by atoms with Crippen molar-refractivity contribution in [1.29, 1.82) is 0 Å². The van der Waals surface area contributed by atoms with Crippen molar-refractivity contribution in [3.63, 3.8) is 0 Å². The molecule has 0 amide bonds. The van der Waals surface area contributed by atoms with Crippen LogP contribution in [0.2, 0.25) is 0 Å². The van der Waals surface area contributed by atoms with E-state index in [4.69, 9.17) is 0 Å². The first-order valence-electron chi connectivity index (χ1n) is 6.54. The number of hydrogen-bond acceptors (Lipinski definition) is 3. The van der Waals surface area contributed by atoms with E-state index in [0.29, 0.717) is 6.04 Å². The summed E-state index contributed by atoms with van der Waals surface area (Å²) in [6, 6.07) is 9.46. The molecule has 0 aliphatic carbocycles. The van der Waals surface area contributed by atoms with E-state index in [9.17, 15) is 0 Å². The number of benzene rings is 1. The fourth-order valence-electron chi connectivity index (χ4n) is 2.47. The smallest absolute Gasteiger partial charge is 0.0383 e. The second-order valence-electron chi connectivity index (χ2n) is 4.60. The first-order valence-corrected chi connectivity index (χ1v) is 7.77. The van der Waals surface area contributed by atoms with E-state index >= 15 is 0 Å². The van der Waals surface area contributed by atoms with Gasteiger partial charge in [-0.25, -0.2) is 0 Å². The van der Waals surface area contributed by atoms with Crippen LogP contribution in [0.3, 0.4) is 0 Å². The lowest BCUT2D eigenvalue weighted by atomic mass is 10.0. The summed E-state index contributed by atoms with van der Waals surface area (Å²) in [6.07, 6.45) is 5.18. The molecule has 0 unspecified atom stereocenters. The molecule has 2 rings (SSSR count). The molecule has 1 atom stereocenters. The van der Waals surface area contributed by atoms with Crippen LogP contribution in [-0.2, 0) is 0 Å². The van der Waals surface area contributed by atoms with Gasteiger partial charge in [0.05, 0.1) is 0 Å². The van der Waals surface area contributed by atoms with Crippen molar-refractivity contribution in [2.75, 3.05) is 32.4 Å². The van der Waals surface area contributed by atoms with Gasteiger partial charge in [-0.2, -0.15) is 0 Å². The lowest BCUT2D eigenvalue weighted by Crippen LogP contribution is -2.45. The van der Waals surface area contributed by atoms with E-state index in [2.05, 4.69) is 47.3 Å². The normalized spacial score (nSPS) is 16.6. The van der Waals surface area contributed by atoms with Crippen LogP contribution < -0.4 is 5.32 Å². The molecule has 2 nitrogen and oxygen atoms in total. The molecule has 0 aromatic heterocycles. The van der Waals surface area contributed by atoms with E-state index in [1.54, 1.807) is 11.8 Å². The second kappa shape index (κ2) is 10.5. The summed E-state index contributed by atoms with van der Waals surface area (Å²) in [6.45, 7) is 8.35. The third kappa shape index (κ3) is 5.30. The van der Waals surface area contributed by atoms with Crippen molar-refractivity contribution >= 4 is 36.6 Å². The topological polar surface area (TPSA) is 15.3 Å². The molecule has 1 saturated heterocycles. The van der Waals surface area contributed by atoms with E-state index in [0.717, 1.165) is 32.6 Å². The fourth-order valence-corrected chi connectivity index (χ4v) is 2.88. The molecule has 1 aromatic rings. The van der Waals surface area contributed by atoms with Crippen LogP contribution in [0.5, 0.6) is 0 Å². The Morgan fingerprint density at radius 2 is 1.85 bits per heavy atom. The zero-order valence-electron chi connectivity index (χ0n) is 11.9. The van der Waals surface area contributed by atoms with Gasteiger partial charge in [0, 0.05) is 37.1 Å². The molecular formula is C15H24Cl2N2S. The van der Waals surface area contributed by atoms with Crippen LogP contribution in [0.1, 0.15) is 18.0 Å². The fraction of sp³-hybridized carbons (Fsp3) is 0.467. The molecule has 1 aromatic carbocycles. The number of piperazine rings is 1. The molecule has 1 aliphatic rings. The van der Waals surface area contributed by atoms with E-state index < -0.39 is 0 Å². The van der Waals surface area contributed by atoms with Gasteiger partial charge in [0.15, 0.2) is 0 Å².